The van der Waals surface area contributed by atoms with E-state index in [0.29, 0.717) is 11.5 Å². The van der Waals surface area contributed by atoms with Crippen LogP contribution >= 0.6 is 0 Å². The Morgan fingerprint density at radius 3 is 2.24 bits per heavy atom. The van der Waals surface area contributed by atoms with Crippen molar-refractivity contribution >= 4 is 0 Å². The average molecular weight is 229 g/mol. The summed E-state index contributed by atoms with van der Waals surface area (Å²) < 4.78 is 0. The van der Waals surface area contributed by atoms with Gasteiger partial charge in [-0.25, -0.2) is 0 Å². The minimum Gasteiger partial charge on any atom is -0.327 e. The van der Waals surface area contributed by atoms with Crippen LogP contribution in [-0.2, 0) is 5.41 Å². The van der Waals surface area contributed by atoms with Crippen molar-refractivity contribution in [2.75, 3.05) is 0 Å². The zero-order chi connectivity index (χ0) is 11.7. The molecule has 0 radical (unpaired) electrons. The molecule has 17 heavy (non-hydrogen) atoms. The zero-order valence-corrected chi connectivity index (χ0v) is 10.6. The van der Waals surface area contributed by atoms with Crippen LogP contribution in [0.5, 0.6) is 0 Å². The van der Waals surface area contributed by atoms with Gasteiger partial charge in [0.1, 0.15) is 0 Å². The van der Waals surface area contributed by atoms with Crippen LogP contribution in [0.15, 0.2) is 30.3 Å². The summed E-state index contributed by atoms with van der Waals surface area (Å²) in [5, 5.41) is 0. The van der Waals surface area contributed by atoms with Crippen LogP contribution in [0.3, 0.4) is 0 Å². The molecule has 0 heterocycles. The maximum absolute atomic E-state index is 6.62. The lowest BCUT2D eigenvalue weighted by molar-refractivity contribution is 0.268. The van der Waals surface area contributed by atoms with Gasteiger partial charge in [-0.15, -0.1) is 0 Å². The molecule has 1 aromatic rings. The fourth-order valence-electron chi connectivity index (χ4n) is 3.66. The molecule has 1 heteroatoms. The lowest BCUT2D eigenvalue weighted by atomic mass is 9.75. The molecule has 1 nitrogen and oxygen atoms in total. The second-order valence-electron chi connectivity index (χ2n) is 5.95. The van der Waals surface area contributed by atoms with Gasteiger partial charge in [-0.1, -0.05) is 49.6 Å². The number of rotatable bonds is 3. The average Bonchev–Trinajstić information content (AvgIpc) is 3.21. The molecule has 0 aliphatic heterocycles. The highest BCUT2D eigenvalue weighted by atomic mass is 14.8. The Bertz CT molecular complexity index is 360. The monoisotopic (exact) mass is 229 g/mol. The van der Waals surface area contributed by atoms with E-state index in [4.69, 9.17) is 5.73 Å². The van der Waals surface area contributed by atoms with Gasteiger partial charge in [0, 0.05) is 11.5 Å². The predicted octanol–water partition coefficient (Wildman–Crippen LogP) is 3.63. The molecule has 1 atom stereocenters. The van der Waals surface area contributed by atoms with E-state index >= 15 is 0 Å². The summed E-state index contributed by atoms with van der Waals surface area (Å²) >= 11 is 0. The Morgan fingerprint density at radius 1 is 1.00 bits per heavy atom. The molecule has 1 unspecified atom stereocenters. The van der Waals surface area contributed by atoms with Gasteiger partial charge in [0.2, 0.25) is 0 Å². The van der Waals surface area contributed by atoms with E-state index < -0.39 is 0 Å². The summed E-state index contributed by atoms with van der Waals surface area (Å²) in [7, 11) is 0. The highest BCUT2D eigenvalue weighted by Gasteiger charge is 2.51. The maximum Gasteiger partial charge on any atom is 0.0165 e. The van der Waals surface area contributed by atoms with Crippen molar-refractivity contribution in [2.45, 2.75) is 56.4 Å². The quantitative estimate of drug-likeness (QED) is 0.841. The SMILES string of the molecule is NC(C1CCCCC1)C1(c2ccccc2)CC1. The Balaban J connectivity index is 1.78. The van der Waals surface area contributed by atoms with Crippen molar-refractivity contribution in [3.8, 4) is 0 Å². The summed E-state index contributed by atoms with van der Waals surface area (Å²) in [4.78, 5) is 0. The molecule has 2 aliphatic rings. The van der Waals surface area contributed by atoms with Gasteiger partial charge in [-0.3, -0.25) is 0 Å². The van der Waals surface area contributed by atoms with Gasteiger partial charge in [0.05, 0.1) is 0 Å². The highest BCUT2D eigenvalue weighted by molar-refractivity contribution is 5.34. The topological polar surface area (TPSA) is 26.0 Å². The Labute approximate surface area is 104 Å². The summed E-state index contributed by atoms with van der Waals surface area (Å²) in [6.07, 6.45) is 9.52. The van der Waals surface area contributed by atoms with Crippen LogP contribution in [0.25, 0.3) is 0 Å². The second-order valence-corrected chi connectivity index (χ2v) is 5.95. The Hall–Kier alpha value is -0.820. The third-order valence-corrected chi connectivity index (χ3v) is 4.93. The van der Waals surface area contributed by atoms with Gasteiger partial charge < -0.3 is 5.73 Å². The minimum absolute atomic E-state index is 0.337. The van der Waals surface area contributed by atoms with E-state index in [1.165, 1.54) is 50.5 Å². The molecule has 2 N–H and O–H groups in total. The smallest absolute Gasteiger partial charge is 0.0165 e. The molecule has 2 saturated carbocycles. The summed E-state index contributed by atoms with van der Waals surface area (Å²) in [5.41, 5.74) is 8.44. The van der Waals surface area contributed by atoms with E-state index in [1.807, 2.05) is 0 Å². The highest BCUT2D eigenvalue weighted by Crippen LogP contribution is 2.53. The van der Waals surface area contributed by atoms with Gasteiger partial charge in [-0.2, -0.15) is 0 Å². The molecule has 1 aromatic carbocycles. The summed E-state index contributed by atoms with van der Waals surface area (Å²) in [5.74, 6) is 0.770. The minimum atomic E-state index is 0.337. The van der Waals surface area contributed by atoms with Gasteiger partial charge in [0.25, 0.3) is 0 Å². The van der Waals surface area contributed by atoms with Gasteiger partial charge >= 0.3 is 0 Å². The van der Waals surface area contributed by atoms with Gasteiger partial charge in [-0.05, 0) is 37.2 Å². The van der Waals surface area contributed by atoms with Crippen molar-refractivity contribution < 1.29 is 0 Å². The van der Waals surface area contributed by atoms with E-state index in [2.05, 4.69) is 30.3 Å². The van der Waals surface area contributed by atoms with Crippen LogP contribution in [0.4, 0.5) is 0 Å². The molecule has 0 aromatic heterocycles. The van der Waals surface area contributed by atoms with Crippen LogP contribution in [0.1, 0.15) is 50.5 Å². The van der Waals surface area contributed by atoms with Crippen LogP contribution < -0.4 is 5.73 Å². The number of benzene rings is 1. The van der Waals surface area contributed by atoms with E-state index in [-0.39, 0.29) is 0 Å². The Morgan fingerprint density at radius 2 is 1.65 bits per heavy atom. The summed E-state index contributed by atoms with van der Waals surface area (Å²) in [6.45, 7) is 0. The van der Waals surface area contributed by atoms with Crippen molar-refractivity contribution in [1.82, 2.24) is 0 Å². The second kappa shape index (κ2) is 4.45. The maximum atomic E-state index is 6.62. The molecule has 0 bridgehead atoms. The number of hydrogen-bond acceptors (Lipinski definition) is 1. The predicted molar refractivity (Wildman–Crippen MR) is 71.9 cm³/mol. The largest absolute Gasteiger partial charge is 0.327 e. The zero-order valence-electron chi connectivity index (χ0n) is 10.6. The fraction of sp³-hybridized carbons (Fsp3) is 0.625. The van der Waals surface area contributed by atoms with Crippen molar-refractivity contribution in [3.63, 3.8) is 0 Å². The number of hydrogen-bond donors (Lipinski definition) is 1. The molecule has 0 amide bonds. The van der Waals surface area contributed by atoms with Crippen molar-refractivity contribution in [1.29, 1.82) is 0 Å². The Kier molecular flexibility index (Phi) is 2.96. The third kappa shape index (κ3) is 2.01. The molecule has 2 fully saturated rings. The van der Waals surface area contributed by atoms with Crippen LogP contribution in [0.2, 0.25) is 0 Å². The van der Waals surface area contributed by atoms with Gasteiger partial charge in [0.15, 0.2) is 0 Å². The first-order chi connectivity index (χ1) is 8.33. The molecule has 92 valence electrons. The number of nitrogens with two attached hydrogens (primary N) is 1. The van der Waals surface area contributed by atoms with Crippen LogP contribution in [0, 0.1) is 5.92 Å². The standard InChI is InChI=1S/C16H23N/c17-15(13-7-3-1-4-8-13)16(11-12-16)14-9-5-2-6-10-14/h2,5-6,9-10,13,15H,1,3-4,7-8,11-12,17H2. The van der Waals surface area contributed by atoms with E-state index in [0.717, 1.165) is 5.92 Å². The van der Waals surface area contributed by atoms with E-state index in [9.17, 15) is 0 Å². The first kappa shape index (κ1) is 11.3. The van der Waals surface area contributed by atoms with Crippen LogP contribution in [-0.4, -0.2) is 6.04 Å². The van der Waals surface area contributed by atoms with Crippen molar-refractivity contribution in [3.05, 3.63) is 35.9 Å². The fourth-order valence-corrected chi connectivity index (χ4v) is 3.66. The lowest BCUT2D eigenvalue weighted by Gasteiger charge is -2.34. The molecule has 0 saturated heterocycles. The first-order valence-corrected chi connectivity index (χ1v) is 7.14. The lowest BCUT2D eigenvalue weighted by Crippen LogP contribution is -2.42. The normalized spacial score (nSPS) is 25.5. The molecule has 2 aliphatic carbocycles. The molecular formula is C16H23N. The third-order valence-electron chi connectivity index (χ3n) is 4.93. The molecular weight excluding hydrogens is 206 g/mol. The van der Waals surface area contributed by atoms with E-state index in [1.54, 1.807) is 0 Å². The molecule has 3 rings (SSSR count). The first-order valence-electron chi connectivity index (χ1n) is 7.14. The molecule has 0 spiro atoms. The van der Waals surface area contributed by atoms with Crippen molar-refractivity contribution in [2.24, 2.45) is 11.7 Å². The summed E-state index contributed by atoms with van der Waals surface area (Å²) in [6, 6.07) is 11.4.